The molecule has 0 spiro atoms. The highest BCUT2D eigenvalue weighted by atomic mass is 35.5. The summed E-state index contributed by atoms with van der Waals surface area (Å²) in [7, 11) is 0. The molecule has 8 amide bonds. The van der Waals surface area contributed by atoms with Gasteiger partial charge in [-0.1, -0.05) is 71.7 Å². The Kier molecular flexibility index (Phi) is 20.5. The SMILES string of the molecule is C[C@@H](NC(=O)[C@@H](N)Cc1ccc(O)cc1)C(=O)NCC(=O)N[C@@H](Cc1ccc(Cl)cc1)C(=O)NNC(=O)[C@H](Cc1ccc(Cl)cc1)NC(=O)CNC(=O)[C@@H](C)NC(=O)[C@@H](N)Cc1ccc(O)cc1. The van der Waals surface area contributed by atoms with E-state index in [1.807, 2.05) is 0 Å². The molecular formula is C46H54Cl2N10O10. The Balaban J connectivity index is 1.33. The number of phenolic OH excluding ortho intramolecular Hbond substituents is 2. The van der Waals surface area contributed by atoms with Gasteiger partial charge in [-0.3, -0.25) is 49.2 Å². The maximum absolute atomic E-state index is 13.6. The van der Waals surface area contributed by atoms with Gasteiger partial charge in [-0.05, 0) is 97.5 Å². The number of amides is 8. The fourth-order valence-corrected chi connectivity index (χ4v) is 6.54. The maximum Gasteiger partial charge on any atom is 0.261 e. The Morgan fingerprint density at radius 2 is 0.735 bits per heavy atom. The minimum absolute atomic E-state index is 0.0494. The van der Waals surface area contributed by atoms with E-state index in [1.165, 1.54) is 38.1 Å². The zero-order valence-corrected chi connectivity index (χ0v) is 38.5. The van der Waals surface area contributed by atoms with Crippen LogP contribution >= 0.6 is 23.2 Å². The molecule has 22 heteroatoms. The Morgan fingerprint density at radius 1 is 0.441 bits per heavy atom. The molecule has 6 atom stereocenters. The zero-order valence-electron chi connectivity index (χ0n) is 37.0. The van der Waals surface area contributed by atoms with Gasteiger partial charge in [0.15, 0.2) is 0 Å². The highest BCUT2D eigenvalue weighted by molar-refractivity contribution is 6.30. The van der Waals surface area contributed by atoms with Crippen molar-refractivity contribution in [2.75, 3.05) is 13.1 Å². The van der Waals surface area contributed by atoms with Gasteiger partial charge in [0.1, 0.15) is 35.7 Å². The van der Waals surface area contributed by atoms with Crippen LogP contribution in [0.15, 0.2) is 97.1 Å². The summed E-state index contributed by atoms with van der Waals surface area (Å²) in [6, 6.07) is 18.1. The van der Waals surface area contributed by atoms with E-state index < -0.39 is 96.6 Å². The van der Waals surface area contributed by atoms with Crippen molar-refractivity contribution >= 4 is 70.5 Å². The molecule has 0 unspecified atom stereocenters. The molecule has 14 N–H and O–H groups in total. The minimum Gasteiger partial charge on any atom is -0.508 e. The first kappa shape index (κ1) is 53.4. The van der Waals surface area contributed by atoms with Crippen LogP contribution in [0.25, 0.3) is 0 Å². The number of carbonyl (C=O) groups is 8. The largest absolute Gasteiger partial charge is 0.508 e. The molecule has 68 heavy (non-hydrogen) atoms. The van der Waals surface area contributed by atoms with Crippen molar-refractivity contribution in [3.8, 4) is 11.5 Å². The average molecular weight is 978 g/mol. The number of carbonyl (C=O) groups excluding carboxylic acids is 8. The molecule has 0 aromatic heterocycles. The molecule has 0 saturated heterocycles. The van der Waals surface area contributed by atoms with Crippen LogP contribution in [0.1, 0.15) is 36.1 Å². The van der Waals surface area contributed by atoms with Gasteiger partial charge in [0.2, 0.25) is 35.4 Å². The van der Waals surface area contributed by atoms with Crippen molar-refractivity contribution in [1.29, 1.82) is 0 Å². The van der Waals surface area contributed by atoms with Gasteiger partial charge >= 0.3 is 0 Å². The minimum atomic E-state index is -1.33. The fraction of sp³-hybridized carbons (Fsp3) is 0.304. The van der Waals surface area contributed by atoms with Crippen LogP contribution in [0.4, 0.5) is 0 Å². The summed E-state index contributed by atoms with van der Waals surface area (Å²) in [6.45, 7) is 1.56. The van der Waals surface area contributed by atoms with E-state index in [1.54, 1.807) is 72.8 Å². The molecule has 362 valence electrons. The average Bonchev–Trinajstić information content (AvgIpc) is 3.31. The van der Waals surface area contributed by atoms with E-state index in [0.717, 1.165) is 0 Å². The van der Waals surface area contributed by atoms with Gasteiger partial charge < -0.3 is 53.6 Å². The van der Waals surface area contributed by atoms with Gasteiger partial charge in [0, 0.05) is 22.9 Å². The number of benzene rings is 4. The van der Waals surface area contributed by atoms with Gasteiger partial charge in [0.05, 0.1) is 25.2 Å². The number of nitrogens with one attached hydrogen (secondary N) is 8. The predicted molar refractivity (Wildman–Crippen MR) is 251 cm³/mol. The Labute approximate surface area is 401 Å². The third kappa shape index (κ3) is 18.2. The first-order valence-electron chi connectivity index (χ1n) is 21.2. The second-order valence-electron chi connectivity index (χ2n) is 15.7. The molecule has 0 radical (unpaired) electrons. The first-order chi connectivity index (χ1) is 32.3. The number of nitrogens with two attached hydrogens (primary N) is 2. The molecule has 4 aromatic rings. The molecule has 0 aliphatic carbocycles. The van der Waals surface area contributed by atoms with E-state index in [0.29, 0.717) is 32.3 Å². The van der Waals surface area contributed by atoms with Crippen LogP contribution in [0.5, 0.6) is 11.5 Å². The number of hydrogen-bond donors (Lipinski definition) is 12. The van der Waals surface area contributed by atoms with Crippen molar-refractivity contribution in [3.05, 3.63) is 129 Å². The van der Waals surface area contributed by atoms with E-state index in [2.05, 4.69) is 42.8 Å². The molecule has 0 heterocycles. The van der Waals surface area contributed by atoms with Crippen molar-refractivity contribution in [1.82, 2.24) is 42.8 Å². The molecule has 20 nitrogen and oxygen atoms in total. The Bertz CT molecular complexity index is 2230. The summed E-state index contributed by atoms with van der Waals surface area (Å²) in [6.07, 6.45) is 0.0570. The molecule has 0 saturated carbocycles. The summed E-state index contributed by atoms with van der Waals surface area (Å²) in [5.41, 5.74) is 19.0. The van der Waals surface area contributed by atoms with E-state index >= 15 is 0 Å². The summed E-state index contributed by atoms with van der Waals surface area (Å²) in [5, 5.41) is 34.6. The third-order valence-corrected chi connectivity index (χ3v) is 10.6. The lowest BCUT2D eigenvalue weighted by atomic mass is 10.0. The van der Waals surface area contributed by atoms with Gasteiger partial charge in [-0.2, -0.15) is 0 Å². The zero-order chi connectivity index (χ0) is 49.9. The standard InChI is InChI=1S/C46H54Cl2N10O10/c1-25(53-43(65)35(49)19-27-7-15-33(59)16-8-27)41(63)51-23-39(61)55-37(21-29-3-11-31(47)12-4-29)45(67)57-58-46(68)38(22-30-5-13-32(48)14-6-30)56-40(62)24-52-42(64)26(2)54-44(66)36(50)20-28-9-17-34(60)18-10-28/h3-18,25-26,35-38,59-60H,19-24,49-50H2,1-2H3,(H,51,63)(H,52,64)(H,53,65)(H,54,66)(H,55,61)(H,56,62)(H,57,67)(H,58,68)/t25-,26-,35+,36+,37+,38+/m1/s1. The fourth-order valence-electron chi connectivity index (χ4n) is 6.29. The van der Waals surface area contributed by atoms with Gasteiger partial charge in [0.25, 0.3) is 11.8 Å². The van der Waals surface area contributed by atoms with Crippen molar-refractivity contribution < 1.29 is 48.6 Å². The molecular weight excluding hydrogens is 923 g/mol. The maximum atomic E-state index is 13.6. The van der Waals surface area contributed by atoms with Gasteiger partial charge in [-0.25, -0.2) is 0 Å². The Morgan fingerprint density at radius 3 is 1.06 bits per heavy atom. The predicted octanol–water partition coefficient (Wildman–Crippen LogP) is -0.311. The van der Waals surface area contributed by atoms with Crippen LogP contribution < -0.4 is 54.2 Å². The number of rotatable bonds is 22. The van der Waals surface area contributed by atoms with Crippen LogP contribution in [0.2, 0.25) is 10.0 Å². The van der Waals surface area contributed by atoms with Crippen LogP contribution in [0, 0.1) is 0 Å². The summed E-state index contributed by atoms with van der Waals surface area (Å²) in [5.74, 6) is -6.01. The number of hydrogen-bond acceptors (Lipinski definition) is 12. The number of aromatic hydroxyl groups is 2. The lowest BCUT2D eigenvalue weighted by molar-refractivity contribution is -0.134. The summed E-state index contributed by atoms with van der Waals surface area (Å²) < 4.78 is 0. The first-order valence-corrected chi connectivity index (χ1v) is 21.9. The normalized spacial score (nSPS) is 13.4. The molecule has 0 bridgehead atoms. The number of halogens is 2. The molecule has 0 aliphatic rings. The lowest BCUT2D eigenvalue weighted by Gasteiger charge is -2.22. The van der Waals surface area contributed by atoms with Crippen LogP contribution in [-0.2, 0) is 64.0 Å². The highest BCUT2D eigenvalue weighted by Gasteiger charge is 2.27. The topological polar surface area (TPSA) is 325 Å². The quantitative estimate of drug-likeness (QED) is 0.0452. The van der Waals surface area contributed by atoms with Gasteiger partial charge in [-0.15, -0.1) is 0 Å². The third-order valence-electron chi connectivity index (χ3n) is 10.1. The van der Waals surface area contributed by atoms with Crippen LogP contribution in [0.3, 0.4) is 0 Å². The second kappa shape index (κ2) is 26.2. The van der Waals surface area contributed by atoms with Crippen molar-refractivity contribution in [2.24, 2.45) is 11.5 Å². The highest BCUT2D eigenvalue weighted by Crippen LogP contribution is 2.14. The van der Waals surface area contributed by atoms with E-state index in [4.69, 9.17) is 34.7 Å². The van der Waals surface area contributed by atoms with E-state index in [-0.39, 0.29) is 37.2 Å². The number of phenols is 2. The van der Waals surface area contributed by atoms with Crippen molar-refractivity contribution in [2.45, 2.75) is 75.8 Å². The Hall–Kier alpha value is -7.26. The van der Waals surface area contributed by atoms with E-state index in [9.17, 15) is 48.6 Å². The summed E-state index contributed by atoms with van der Waals surface area (Å²) in [4.78, 5) is 105. The lowest BCUT2D eigenvalue weighted by Crippen LogP contribution is -2.59. The second-order valence-corrected chi connectivity index (χ2v) is 16.6. The molecule has 0 aliphatic heterocycles. The monoisotopic (exact) mass is 976 g/mol. The molecule has 4 aromatic carbocycles. The molecule has 4 rings (SSSR count). The number of hydrazine groups is 1. The smallest absolute Gasteiger partial charge is 0.261 e. The summed E-state index contributed by atoms with van der Waals surface area (Å²) >= 11 is 12.1. The molecule has 0 fully saturated rings. The van der Waals surface area contributed by atoms with Crippen LogP contribution in [-0.4, -0.2) is 107 Å². The van der Waals surface area contributed by atoms with Crippen molar-refractivity contribution in [3.63, 3.8) is 0 Å².